The molecule has 1 aromatic heterocycles. The minimum Gasteiger partial charge on any atom is -0.358 e. The highest BCUT2D eigenvalue weighted by Gasteiger charge is 2.20. The molecule has 0 amide bonds. The van der Waals surface area contributed by atoms with Gasteiger partial charge in [-0.25, -0.2) is 9.97 Å². The van der Waals surface area contributed by atoms with E-state index in [1.54, 1.807) is 6.33 Å². The second-order valence-electron chi connectivity index (χ2n) is 4.86. The Morgan fingerprint density at radius 2 is 2.11 bits per heavy atom. The molecule has 0 bridgehead atoms. The number of likely N-dealkylation sites (N-methyl/N-ethyl adjacent to an activating group) is 1. The maximum absolute atomic E-state index is 4.41. The van der Waals surface area contributed by atoms with Crippen molar-refractivity contribution in [2.75, 3.05) is 25.0 Å². The highest BCUT2D eigenvalue weighted by Crippen LogP contribution is 2.21. The zero-order valence-corrected chi connectivity index (χ0v) is 10.6. The number of nitrogens with one attached hydrogen (secondary N) is 1. The fourth-order valence-corrected chi connectivity index (χ4v) is 2.12. The highest BCUT2D eigenvalue weighted by atomic mass is 15.2. The van der Waals surface area contributed by atoms with Gasteiger partial charge in [-0.05, 0) is 25.0 Å². The number of para-hydroxylation sites is 1. The molecule has 4 heteroatoms. The summed E-state index contributed by atoms with van der Waals surface area (Å²) in [6.45, 7) is 1.98. The summed E-state index contributed by atoms with van der Waals surface area (Å²) in [5, 5.41) is 4.64. The number of benzene rings is 1. The molecule has 1 aliphatic carbocycles. The van der Waals surface area contributed by atoms with Gasteiger partial charge < -0.3 is 10.2 Å². The van der Waals surface area contributed by atoms with Crippen LogP contribution in [0.2, 0.25) is 0 Å². The quantitative estimate of drug-likeness (QED) is 0.868. The van der Waals surface area contributed by atoms with Crippen molar-refractivity contribution in [3.05, 3.63) is 30.6 Å². The highest BCUT2D eigenvalue weighted by molar-refractivity contribution is 5.89. The van der Waals surface area contributed by atoms with Gasteiger partial charge in [0.05, 0.1) is 5.52 Å². The lowest BCUT2D eigenvalue weighted by Crippen LogP contribution is -2.30. The van der Waals surface area contributed by atoms with Crippen LogP contribution in [-0.4, -0.2) is 36.1 Å². The molecular formula is C14H18N4. The van der Waals surface area contributed by atoms with Crippen LogP contribution in [0.25, 0.3) is 10.9 Å². The number of nitrogens with zero attached hydrogens (tertiary/aromatic N) is 3. The molecular weight excluding hydrogens is 224 g/mol. The number of rotatable bonds is 5. The molecule has 3 rings (SSSR count). The normalized spacial score (nSPS) is 14.9. The number of hydrogen-bond donors (Lipinski definition) is 1. The summed E-state index contributed by atoms with van der Waals surface area (Å²) in [4.78, 5) is 10.9. The zero-order valence-electron chi connectivity index (χ0n) is 10.6. The Morgan fingerprint density at radius 3 is 2.94 bits per heavy atom. The molecule has 0 aliphatic heterocycles. The third-order valence-corrected chi connectivity index (χ3v) is 3.34. The molecule has 1 aliphatic rings. The molecule has 1 aromatic carbocycles. The molecule has 0 saturated heterocycles. The summed E-state index contributed by atoms with van der Waals surface area (Å²) >= 11 is 0. The van der Waals surface area contributed by atoms with E-state index in [2.05, 4.69) is 33.3 Å². The standard InChI is InChI=1S/C14H18N4/c1-18(9-8-15-11-6-7-11)14-12-4-2-3-5-13(12)16-10-17-14/h2-5,10-11,15H,6-9H2,1H3. The van der Waals surface area contributed by atoms with Gasteiger partial charge in [-0.1, -0.05) is 12.1 Å². The van der Waals surface area contributed by atoms with Crippen LogP contribution in [0.5, 0.6) is 0 Å². The number of aromatic nitrogens is 2. The van der Waals surface area contributed by atoms with E-state index < -0.39 is 0 Å². The molecule has 18 heavy (non-hydrogen) atoms. The second kappa shape index (κ2) is 4.90. The Bertz CT molecular complexity index is 531. The van der Waals surface area contributed by atoms with E-state index >= 15 is 0 Å². The summed E-state index contributed by atoms with van der Waals surface area (Å²) < 4.78 is 0. The van der Waals surface area contributed by atoms with Crippen molar-refractivity contribution in [3.63, 3.8) is 0 Å². The molecule has 2 aromatic rings. The zero-order chi connectivity index (χ0) is 12.4. The minimum atomic E-state index is 0.764. The van der Waals surface area contributed by atoms with E-state index in [1.165, 1.54) is 12.8 Å². The van der Waals surface area contributed by atoms with Crippen LogP contribution in [0.15, 0.2) is 30.6 Å². The van der Waals surface area contributed by atoms with Crippen LogP contribution in [0, 0.1) is 0 Å². The van der Waals surface area contributed by atoms with E-state index in [4.69, 9.17) is 0 Å². The Hall–Kier alpha value is -1.68. The largest absolute Gasteiger partial charge is 0.358 e. The van der Waals surface area contributed by atoms with Crippen LogP contribution in [0.3, 0.4) is 0 Å². The fourth-order valence-electron chi connectivity index (χ4n) is 2.12. The topological polar surface area (TPSA) is 41.0 Å². The van der Waals surface area contributed by atoms with Crippen molar-refractivity contribution in [2.24, 2.45) is 0 Å². The Balaban J connectivity index is 1.75. The lowest BCUT2D eigenvalue weighted by atomic mass is 10.2. The maximum Gasteiger partial charge on any atom is 0.139 e. The van der Waals surface area contributed by atoms with Gasteiger partial charge >= 0.3 is 0 Å². The van der Waals surface area contributed by atoms with E-state index in [0.717, 1.165) is 35.9 Å². The van der Waals surface area contributed by atoms with E-state index in [-0.39, 0.29) is 0 Å². The lowest BCUT2D eigenvalue weighted by molar-refractivity contribution is 0.673. The molecule has 94 valence electrons. The first-order valence-corrected chi connectivity index (χ1v) is 6.49. The average molecular weight is 242 g/mol. The summed E-state index contributed by atoms with van der Waals surface area (Å²) in [6.07, 6.45) is 4.31. The van der Waals surface area contributed by atoms with Gasteiger partial charge in [-0.15, -0.1) is 0 Å². The van der Waals surface area contributed by atoms with Gasteiger partial charge in [0.1, 0.15) is 12.1 Å². The van der Waals surface area contributed by atoms with Crippen molar-refractivity contribution in [2.45, 2.75) is 18.9 Å². The monoisotopic (exact) mass is 242 g/mol. The third-order valence-electron chi connectivity index (χ3n) is 3.34. The van der Waals surface area contributed by atoms with Crippen molar-refractivity contribution >= 4 is 16.7 Å². The van der Waals surface area contributed by atoms with Gasteiger partial charge in [0, 0.05) is 31.6 Å². The number of anilines is 1. The van der Waals surface area contributed by atoms with Crippen molar-refractivity contribution < 1.29 is 0 Å². The summed E-state index contributed by atoms with van der Waals surface area (Å²) in [5.74, 6) is 1.01. The van der Waals surface area contributed by atoms with Gasteiger partial charge in [0.2, 0.25) is 0 Å². The first-order chi connectivity index (χ1) is 8.84. The van der Waals surface area contributed by atoms with Crippen LogP contribution >= 0.6 is 0 Å². The van der Waals surface area contributed by atoms with Crippen LogP contribution in [-0.2, 0) is 0 Å². The van der Waals surface area contributed by atoms with Gasteiger partial charge in [-0.3, -0.25) is 0 Å². The number of hydrogen-bond acceptors (Lipinski definition) is 4. The molecule has 0 spiro atoms. The van der Waals surface area contributed by atoms with Crippen molar-refractivity contribution in [3.8, 4) is 0 Å². The molecule has 1 N–H and O–H groups in total. The van der Waals surface area contributed by atoms with Crippen LogP contribution in [0.1, 0.15) is 12.8 Å². The van der Waals surface area contributed by atoms with E-state index in [9.17, 15) is 0 Å². The molecule has 0 radical (unpaired) electrons. The lowest BCUT2D eigenvalue weighted by Gasteiger charge is -2.19. The predicted octanol–water partition coefficient (Wildman–Crippen LogP) is 1.82. The van der Waals surface area contributed by atoms with E-state index in [0.29, 0.717) is 0 Å². The summed E-state index contributed by atoms with van der Waals surface area (Å²) in [5.41, 5.74) is 1.00. The molecule has 0 unspecified atom stereocenters. The first kappa shape index (κ1) is 11.4. The minimum absolute atomic E-state index is 0.764. The van der Waals surface area contributed by atoms with Gasteiger partial charge in [0.25, 0.3) is 0 Å². The summed E-state index contributed by atoms with van der Waals surface area (Å²) in [6, 6.07) is 8.91. The number of fused-ring (bicyclic) bond motifs is 1. The van der Waals surface area contributed by atoms with Crippen LogP contribution < -0.4 is 10.2 Å². The Morgan fingerprint density at radius 1 is 1.28 bits per heavy atom. The smallest absolute Gasteiger partial charge is 0.139 e. The predicted molar refractivity (Wildman–Crippen MR) is 73.8 cm³/mol. The second-order valence-corrected chi connectivity index (χ2v) is 4.86. The van der Waals surface area contributed by atoms with Crippen LogP contribution in [0.4, 0.5) is 5.82 Å². The SMILES string of the molecule is CN(CCNC1CC1)c1ncnc2ccccc12. The molecule has 4 nitrogen and oxygen atoms in total. The first-order valence-electron chi connectivity index (χ1n) is 6.49. The van der Waals surface area contributed by atoms with Crippen molar-refractivity contribution in [1.29, 1.82) is 0 Å². The van der Waals surface area contributed by atoms with Crippen molar-refractivity contribution in [1.82, 2.24) is 15.3 Å². The molecule has 0 atom stereocenters. The van der Waals surface area contributed by atoms with Gasteiger partial charge in [0.15, 0.2) is 0 Å². The van der Waals surface area contributed by atoms with E-state index in [1.807, 2.05) is 18.2 Å². The Labute approximate surface area is 107 Å². The average Bonchev–Trinajstić information content (AvgIpc) is 3.22. The fraction of sp³-hybridized carbons (Fsp3) is 0.429. The molecule has 1 fully saturated rings. The maximum atomic E-state index is 4.41. The van der Waals surface area contributed by atoms with Gasteiger partial charge in [-0.2, -0.15) is 0 Å². The molecule has 1 saturated carbocycles. The molecule has 1 heterocycles. The third kappa shape index (κ3) is 2.43. The summed E-state index contributed by atoms with van der Waals surface area (Å²) in [7, 11) is 2.09. The Kier molecular flexibility index (Phi) is 3.11.